The third-order valence-electron chi connectivity index (χ3n) is 6.57. The van der Waals surface area contributed by atoms with Crippen LogP contribution >= 0.6 is 0 Å². The minimum Gasteiger partial charge on any atom is -0.349 e. The number of hydrogen-bond acceptors (Lipinski definition) is 7. The van der Waals surface area contributed by atoms with Gasteiger partial charge >= 0.3 is 0 Å². The summed E-state index contributed by atoms with van der Waals surface area (Å²) >= 11 is 0. The summed E-state index contributed by atoms with van der Waals surface area (Å²) < 4.78 is 11.9. The monoisotopic (exact) mass is 405 g/mol. The summed E-state index contributed by atoms with van der Waals surface area (Å²) in [7, 11) is 23.2. The van der Waals surface area contributed by atoms with E-state index in [4.69, 9.17) is 40.9 Å². The molecule has 1 aliphatic carbocycles. The largest absolute Gasteiger partial charge is 0.349 e. The summed E-state index contributed by atoms with van der Waals surface area (Å²) in [6.07, 6.45) is 7.78. The van der Waals surface area contributed by atoms with Crippen molar-refractivity contribution in [3.8, 4) is 0 Å². The second kappa shape index (κ2) is 10.1. The van der Waals surface area contributed by atoms with E-state index >= 15 is 0 Å². The molecular weight excluding hydrogens is 373 g/mol. The first-order valence-corrected chi connectivity index (χ1v) is 11.2. The SMILES string of the molecule is [B]CC1CC(NC([B])([B])[B])NC(NC2CC3OCOC3C(C3=CCNCCC3)C2)N1. The van der Waals surface area contributed by atoms with E-state index in [1.54, 1.807) is 0 Å². The third-order valence-corrected chi connectivity index (χ3v) is 6.57. The van der Waals surface area contributed by atoms with Gasteiger partial charge in [-0.05, 0) is 38.6 Å². The molecule has 0 aromatic heterocycles. The van der Waals surface area contributed by atoms with Crippen LogP contribution in [0.25, 0.3) is 0 Å². The lowest BCUT2D eigenvalue weighted by atomic mass is 9.49. The van der Waals surface area contributed by atoms with Crippen LogP contribution in [0.5, 0.6) is 0 Å². The molecule has 0 bridgehead atoms. The van der Waals surface area contributed by atoms with Crippen LogP contribution in [0.15, 0.2) is 11.6 Å². The quantitative estimate of drug-likeness (QED) is 0.266. The van der Waals surface area contributed by atoms with E-state index in [0.29, 0.717) is 19.0 Å². The molecule has 3 aliphatic heterocycles. The maximum absolute atomic E-state index is 6.00. The predicted molar refractivity (Wildman–Crippen MR) is 120 cm³/mol. The maximum Gasteiger partial charge on any atom is 0.147 e. The molecule has 7 atom stereocenters. The average Bonchev–Trinajstić information content (AvgIpc) is 2.99. The Morgan fingerprint density at radius 3 is 2.80 bits per heavy atom. The molecule has 3 fully saturated rings. The summed E-state index contributed by atoms with van der Waals surface area (Å²) in [5, 5.41) is 15.7. The first-order valence-electron chi connectivity index (χ1n) is 11.2. The summed E-state index contributed by atoms with van der Waals surface area (Å²) in [5.41, 5.74) is 1.50. The summed E-state index contributed by atoms with van der Waals surface area (Å²) in [6, 6.07) is 0.396. The van der Waals surface area contributed by atoms with Crippen molar-refractivity contribution in [2.45, 2.75) is 80.4 Å². The molecule has 4 aliphatic rings. The van der Waals surface area contributed by atoms with Gasteiger partial charge in [0.1, 0.15) is 13.1 Å². The van der Waals surface area contributed by atoms with Crippen LogP contribution in [-0.2, 0) is 9.47 Å². The Balaban J connectivity index is 1.42. The van der Waals surface area contributed by atoms with Crippen molar-refractivity contribution in [3.05, 3.63) is 11.6 Å². The Morgan fingerprint density at radius 1 is 1.13 bits per heavy atom. The Bertz CT molecular complexity index is 608. The second-order valence-corrected chi connectivity index (χ2v) is 9.05. The van der Waals surface area contributed by atoms with Crippen molar-refractivity contribution in [1.82, 2.24) is 26.6 Å². The van der Waals surface area contributed by atoms with E-state index in [9.17, 15) is 0 Å². The normalized spacial score (nSPS) is 40.4. The van der Waals surface area contributed by atoms with Gasteiger partial charge in [-0.1, -0.05) is 23.2 Å². The molecule has 0 aromatic rings. The summed E-state index contributed by atoms with van der Waals surface area (Å²) in [6.45, 7) is 2.38. The van der Waals surface area contributed by atoms with Crippen LogP contribution in [0.3, 0.4) is 0 Å². The molecule has 7 unspecified atom stereocenters. The van der Waals surface area contributed by atoms with E-state index in [2.05, 4.69) is 32.7 Å². The number of rotatable bonds is 6. The van der Waals surface area contributed by atoms with Crippen molar-refractivity contribution in [2.24, 2.45) is 5.92 Å². The molecule has 11 heteroatoms. The smallest absolute Gasteiger partial charge is 0.147 e. The highest BCUT2D eigenvalue weighted by Gasteiger charge is 2.44. The van der Waals surface area contributed by atoms with Crippen LogP contribution in [0, 0.1) is 5.92 Å². The molecule has 1 saturated carbocycles. The first kappa shape index (κ1) is 22.9. The van der Waals surface area contributed by atoms with Crippen molar-refractivity contribution in [2.75, 3.05) is 19.9 Å². The van der Waals surface area contributed by atoms with E-state index in [1.807, 2.05) is 0 Å². The maximum atomic E-state index is 6.00. The molecule has 2 saturated heterocycles. The van der Waals surface area contributed by atoms with Gasteiger partial charge in [-0.3, -0.25) is 16.0 Å². The fourth-order valence-electron chi connectivity index (χ4n) is 5.27. The van der Waals surface area contributed by atoms with Crippen LogP contribution in [-0.4, -0.2) is 93.3 Å². The van der Waals surface area contributed by atoms with Gasteiger partial charge in [-0.15, -0.1) is 0 Å². The number of ether oxygens (including phenoxy) is 2. The predicted octanol–water partition coefficient (Wildman–Crippen LogP) is -1.74. The zero-order valence-electron chi connectivity index (χ0n) is 17.6. The van der Waals surface area contributed by atoms with E-state index in [0.717, 1.165) is 45.2 Å². The second-order valence-electron chi connectivity index (χ2n) is 9.05. The molecular formula is C19H31B4N5O2. The summed E-state index contributed by atoms with van der Waals surface area (Å²) in [5.74, 6) is 0.372. The molecule has 4 rings (SSSR count). The minimum atomic E-state index is -1.45. The molecule has 8 radical (unpaired) electrons. The third kappa shape index (κ3) is 5.94. The first-order chi connectivity index (χ1) is 14.4. The lowest BCUT2D eigenvalue weighted by Crippen LogP contribution is -2.71. The Kier molecular flexibility index (Phi) is 7.72. The molecule has 5 N–H and O–H groups in total. The Hall–Kier alpha value is -0.280. The van der Waals surface area contributed by atoms with Gasteiger partial charge in [0.15, 0.2) is 0 Å². The number of hydrogen-bond donors (Lipinski definition) is 5. The molecule has 30 heavy (non-hydrogen) atoms. The van der Waals surface area contributed by atoms with Gasteiger partial charge in [-0.25, -0.2) is 0 Å². The topological polar surface area (TPSA) is 78.6 Å². The molecule has 7 nitrogen and oxygen atoms in total. The average molecular weight is 405 g/mol. The fourth-order valence-corrected chi connectivity index (χ4v) is 5.27. The Labute approximate surface area is 185 Å². The summed E-state index contributed by atoms with van der Waals surface area (Å²) in [4.78, 5) is 0. The lowest BCUT2D eigenvalue weighted by molar-refractivity contribution is 0.0310. The standard InChI is InChI=1S/C19H31B4N5O2/c20-9-13-8-16(28-19(21,22)23)27-18(26-13)25-12-6-14(11-2-1-4-24-5-3-11)17-15(7-12)29-10-30-17/h3,12-18,24-28H,1-2,4-10H2. The highest BCUT2D eigenvalue weighted by molar-refractivity contribution is 6.59. The molecule has 0 amide bonds. The van der Waals surface area contributed by atoms with Gasteiger partial charge in [0.05, 0.1) is 49.8 Å². The van der Waals surface area contributed by atoms with Gasteiger partial charge in [0.25, 0.3) is 0 Å². The van der Waals surface area contributed by atoms with Crippen molar-refractivity contribution in [1.29, 1.82) is 0 Å². The fraction of sp³-hybridized carbons (Fsp3) is 0.895. The van der Waals surface area contributed by atoms with Crippen molar-refractivity contribution < 1.29 is 9.47 Å². The molecule has 156 valence electrons. The zero-order valence-corrected chi connectivity index (χ0v) is 17.6. The zero-order chi connectivity index (χ0) is 21.1. The Morgan fingerprint density at radius 2 is 2.00 bits per heavy atom. The van der Waals surface area contributed by atoms with Gasteiger partial charge in [-0.2, -0.15) is 0 Å². The minimum absolute atomic E-state index is 0.117. The van der Waals surface area contributed by atoms with E-state index in [-0.39, 0.29) is 36.7 Å². The number of nitrogens with one attached hydrogen (secondary N) is 5. The van der Waals surface area contributed by atoms with Crippen LogP contribution in [0.1, 0.15) is 32.1 Å². The van der Waals surface area contributed by atoms with Gasteiger partial charge in [0, 0.05) is 24.5 Å². The van der Waals surface area contributed by atoms with Crippen molar-refractivity contribution in [3.63, 3.8) is 0 Å². The molecule has 3 heterocycles. The van der Waals surface area contributed by atoms with Gasteiger partial charge in [0.2, 0.25) is 0 Å². The van der Waals surface area contributed by atoms with Crippen molar-refractivity contribution >= 4 is 31.4 Å². The van der Waals surface area contributed by atoms with E-state index in [1.165, 1.54) is 5.57 Å². The highest BCUT2D eigenvalue weighted by Crippen LogP contribution is 2.39. The van der Waals surface area contributed by atoms with E-state index < -0.39 is 5.24 Å². The van der Waals surface area contributed by atoms with Crippen LogP contribution < -0.4 is 26.6 Å². The number of fused-ring (bicyclic) bond motifs is 1. The highest BCUT2D eigenvalue weighted by atomic mass is 16.7. The molecule has 0 aromatic carbocycles. The molecule has 0 spiro atoms. The van der Waals surface area contributed by atoms with Crippen LogP contribution in [0.4, 0.5) is 0 Å². The lowest BCUT2D eigenvalue weighted by Gasteiger charge is -2.44. The van der Waals surface area contributed by atoms with Gasteiger partial charge < -0.3 is 20.1 Å². The van der Waals surface area contributed by atoms with Crippen LogP contribution in [0.2, 0.25) is 6.32 Å².